The van der Waals surface area contributed by atoms with E-state index in [1.54, 1.807) is 14.1 Å². The summed E-state index contributed by atoms with van der Waals surface area (Å²) in [6.45, 7) is -0.137. The van der Waals surface area contributed by atoms with Crippen molar-refractivity contribution in [2.45, 2.75) is 0 Å². The first-order chi connectivity index (χ1) is 7.41. The number of carbonyl (C=O) groups excluding carboxylic acids is 1. The van der Waals surface area contributed by atoms with Crippen molar-refractivity contribution in [3.8, 4) is 0 Å². The van der Waals surface area contributed by atoms with Gasteiger partial charge in [0.1, 0.15) is 0 Å². The van der Waals surface area contributed by atoms with E-state index in [-0.39, 0.29) is 18.3 Å². The first-order valence-corrected chi connectivity index (χ1v) is 4.47. The third-order valence-corrected chi connectivity index (χ3v) is 1.86. The molecule has 7 heteroatoms. The fourth-order valence-corrected chi connectivity index (χ4v) is 0.922. The van der Waals surface area contributed by atoms with E-state index in [1.165, 1.54) is 4.90 Å². The van der Waals surface area contributed by atoms with Gasteiger partial charge in [-0.05, 0) is 0 Å². The molecule has 0 saturated carbocycles. The van der Waals surface area contributed by atoms with Gasteiger partial charge >= 0.3 is 0 Å². The molecule has 1 aromatic rings. The lowest BCUT2D eigenvalue weighted by atomic mass is 10.4. The van der Waals surface area contributed by atoms with E-state index >= 15 is 0 Å². The van der Waals surface area contributed by atoms with E-state index in [9.17, 15) is 13.6 Å². The Kier molecular flexibility index (Phi) is 3.60. The van der Waals surface area contributed by atoms with Crippen LogP contribution in [0, 0.1) is 11.6 Å². The van der Waals surface area contributed by atoms with E-state index in [4.69, 9.17) is 5.73 Å². The molecule has 0 radical (unpaired) electrons. The lowest BCUT2D eigenvalue weighted by Gasteiger charge is -2.11. The summed E-state index contributed by atoms with van der Waals surface area (Å²) in [6.07, 6.45) is 0. The molecule has 0 spiro atoms. The van der Waals surface area contributed by atoms with Gasteiger partial charge in [0.25, 0.3) is 0 Å². The molecule has 3 N–H and O–H groups in total. The Labute approximate surface area is 91.3 Å². The van der Waals surface area contributed by atoms with Crippen molar-refractivity contribution in [3.05, 3.63) is 17.7 Å². The van der Waals surface area contributed by atoms with Crippen molar-refractivity contribution >= 4 is 17.5 Å². The Balaban J connectivity index is 2.75. The third-order valence-electron chi connectivity index (χ3n) is 1.86. The van der Waals surface area contributed by atoms with Gasteiger partial charge in [-0.25, -0.2) is 13.8 Å². The number of halogens is 2. The van der Waals surface area contributed by atoms with E-state index in [0.29, 0.717) is 6.07 Å². The average molecular weight is 230 g/mol. The van der Waals surface area contributed by atoms with Gasteiger partial charge in [0.2, 0.25) is 5.91 Å². The number of aromatic nitrogens is 1. The second-order valence-corrected chi connectivity index (χ2v) is 3.33. The van der Waals surface area contributed by atoms with Gasteiger partial charge in [0.15, 0.2) is 23.3 Å². The maximum atomic E-state index is 13.1. The second-order valence-electron chi connectivity index (χ2n) is 3.33. The Morgan fingerprint density at radius 3 is 2.69 bits per heavy atom. The van der Waals surface area contributed by atoms with Gasteiger partial charge in [-0.2, -0.15) is 0 Å². The summed E-state index contributed by atoms with van der Waals surface area (Å²) >= 11 is 0. The summed E-state index contributed by atoms with van der Waals surface area (Å²) in [6, 6.07) is 0.616. The van der Waals surface area contributed by atoms with Crippen LogP contribution in [0.4, 0.5) is 20.4 Å². The van der Waals surface area contributed by atoms with Crippen molar-refractivity contribution < 1.29 is 13.6 Å². The zero-order chi connectivity index (χ0) is 12.3. The predicted octanol–water partition coefficient (Wildman–Crippen LogP) is 0.442. The van der Waals surface area contributed by atoms with Crippen LogP contribution in [0.15, 0.2) is 6.07 Å². The zero-order valence-electron chi connectivity index (χ0n) is 8.92. The second kappa shape index (κ2) is 4.73. The maximum absolute atomic E-state index is 13.1. The number of hydrogen-bond donors (Lipinski definition) is 2. The number of hydrogen-bond acceptors (Lipinski definition) is 4. The van der Waals surface area contributed by atoms with E-state index in [0.717, 1.165) is 0 Å². The lowest BCUT2D eigenvalue weighted by Crippen LogP contribution is -2.29. The van der Waals surface area contributed by atoms with E-state index in [1.807, 2.05) is 0 Å². The smallest absolute Gasteiger partial charge is 0.241 e. The molecule has 1 aromatic heterocycles. The summed E-state index contributed by atoms with van der Waals surface area (Å²) in [5, 5.41) is 2.44. The number of nitrogens with zero attached hydrogens (tertiary/aromatic N) is 2. The summed E-state index contributed by atoms with van der Waals surface area (Å²) in [7, 11) is 3.12. The van der Waals surface area contributed by atoms with Crippen LogP contribution in [0.3, 0.4) is 0 Å². The Hall–Kier alpha value is -1.92. The highest BCUT2D eigenvalue weighted by atomic mass is 19.1. The molecule has 0 atom stereocenters. The van der Waals surface area contributed by atoms with E-state index in [2.05, 4.69) is 10.3 Å². The molecule has 0 aliphatic heterocycles. The van der Waals surface area contributed by atoms with Gasteiger partial charge in [-0.15, -0.1) is 0 Å². The fourth-order valence-electron chi connectivity index (χ4n) is 0.922. The standard InChI is InChI=1S/C9H12F2N4O/c1-15(2)7(16)4-13-9-6(11)3-5(10)8(12)14-9/h3H,4H2,1-2H3,(H3,12,13,14). The van der Waals surface area contributed by atoms with Gasteiger partial charge < -0.3 is 16.0 Å². The van der Waals surface area contributed by atoms with Crippen LogP contribution < -0.4 is 11.1 Å². The summed E-state index contributed by atoms with van der Waals surface area (Å²) in [5.41, 5.74) is 5.17. The van der Waals surface area contributed by atoms with Crippen LogP contribution in [0.25, 0.3) is 0 Å². The molecule has 0 aliphatic rings. The zero-order valence-corrected chi connectivity index (χ0v) is 8.92. The van der Waals surface area contributed by atoms with Crippen molar-refractivity contribution in [1.29, 1.82) is 0 Å². The van der Waals surface area contributed by atoms with E-state index < -0.39 is 17.5 Å². The lowest BCUT2D eigenvalue weighted by molar-refractivity contribution is -0.126. The predicted molar refractivity (Wildman–Crippen MR) is 55.7 cm³/mol. The normalized spacial score (nSPS) is 10.0. The quantitative estimate of drug-likeness (QED) is 0.790. The minimum Gasteiger partial charge on any atom is -0.381 e. The minimum atomic E-state index is -0.929. The highest BCUT2D eigenvalue weighted by Crippen LogP contribution is 2.16. The molecule has 16 heavy (non-hydrogen) atoms. The number of anilines is 2. The van der Waals surface area contributed by atoms with Crippen molar-refractivity contribution in [2.75, 3.05) is 31.7 Å². The number of amides is 1. The van der Waals surface area contributed by atoms with Crippen LogP contribution in [0.2, 0.25) is 0 Å². The fraction of sp³-hybridized carbons (Fsp3) is 0.333. The molecule has 0 bridgehead atoms. The first-order valence-electron chi connectivity index (χ1n) is 4.47. The molecule has 1 heterocycles. The van der Waals surface area contributed by atoms with Crippen molar-refractivity contribution in [3.63, 3.8) is 0 Å². The molecule has 0 aliphatic carbocycles. The largest absolute Gasteiger partial charge is 0.381 e. The number of rotatable bonds is 3. The molecule has 1 rings (SSSR count). The van der Waals surface area contributed by atoms with Crippen LogP contribution in [-0.2, 0) is 4.79 Å². The SMILES string of the molecule is CN(C)C(=O)CNc1nc(N)c(F)cc1F. The number of nitrogen functional groups attached to an aromatic ring is 1. The van der Waals surface area contributed by atoms with Gasteiger partial charge in [-0.1, -0.05) is 0 Å². The Bertz CT molecular complexity index is 409. The molecular weight excluding hydrogens is 218 g/mol. The Morgan fingerprint density at radius 1 is 1.50 bits per heavy atom. The summed E-state index contributed by atoms with van der Waals surface area (Å²) < 4.78 is 25.9. The van der Waals surface area contributed by atoms with Crippen LogP contribution in [0.5, 0.6) is 0 Å². The van der Waals surface area contributed by atoms with Crippen molar-refractivity contribution in [1.82, 2.24) is 9.88 Å². The average Bonchev–Trinajstić information content (AvgIpc) is 2.20. The van der Waals surface area contributed by atoms with Gasteiger partial charge in [0, 0.05) is 20.2 Å². The number of pyridine rings is 1. The number of nitrogens with two attached hydrogens (primary N) is 1. The molecular formula is C9H12F2N4O. The Morgan fingerprint density at radius 2 is 2.12 bits per heavy atom. The molecule has 0 saturated heterocycles. The summed E-state index contributed by atoms with van der Waals surface area (Å²) in [4.78, 5) is 16.0. The van der Waals surface area contributed by atoms with Crippen LogP contribution >= 0.6 is 0 Å². The van der Waals surface area contributed by atoms with Crippen LogP contribution in [-0.4, -0.2) is 36.4 Å². The molecule has 0 unspecified atom stereocenters. The van der Waals surface area contributed by atoms with Gasteiger partial charge in [-0.3, -0.25) is 4.79 Å². The maximum Gasteiger partial charge on any atom is 0.241 e. The molecule has 88 valence electrons. The van der Waals surface area contributed by atoms with Crippen molar-refractivity contribution in [2.24, 2.45) is 0 Å². The topological polar surface area (TPSA) is 71.2 Å². The molecule has 1 amide bonds. The minimum absolute atomic E-state index is 0.137. The first kappa shape index (κ1) is 12.2. The molecule has 5 nitrogen and oxygen atoms in total. The van der Waals surface area contributed by atoms with Crippen LogP contribution in [0.1, 0.15) is 0 Å². The molecule has 0 aromatic carbocycles. The highest BCUT2D eigenvalue weighted by molar-refractivity contribution is 5.80. The number of likely N-dealkylation sites (N-methyl/N-ethyl adjacent to an activating group) is 1. The van der Waals surface area contributed by atoms with Gasteiger partial charge in [0.05, 0.1) is 6.54 Å². The monoisotopic (exact) mass is 230 g/mol. The number of nitrogens with one attached hydrogen (secondary N) is 1. The third kappa shape index (κ3) is 2.78. The number of carbonyl (C=O) groups is 1. The summed E-state index contributed by atoms with van der Waals surface area (Å²) in [5.74, 6) is -2.74. The highest BCUT2D eigenvalue weighted by Gasteiger charge is 2.11. The molecule has 0 fully saturated rings.